The van der Waals surface area contributed by atoms with Crippen molar-refractivity contribution in [3.8, 4) is 0 Å². The molecule has 4 heterocycles. The number of amides is 1. The highest BCUT2D eigenvalue weighted by molar-refractivity contribution is 5.92. The number of aryl methyl sites for hydroxylation is 1. The van der Waals surface area contributed by atoms with Crippen LogP contribution in [0.4, 0.5) is 0 Å². The number of nitrogens with zero attached hydrogens (tertiary/aromatic N) is 3. The Balaban J connectivity index is 1.28. The molecule has 7 heteroatoms. The molecule has 2 aliphatic heterocycles. The van der Waals surface area contributed by atoms with Crippen LogP contribution >= 0.6 is 0 Å². The van der Waals surface area contributed by atoms with Crippen LogP contribution in [0.1, 0.15) is 41.2 Å². The van der Waals surface area contributed by atoms with E-state index in [1.807, 2.05) is 23.1 Å². The molecule has 4 rings (SSSR count). The van der Waals surface area contributed by atoms with Crippen molar-refractivity contribution in [2.24, 2.45) is 0 Å². The molecule has 138 valence electrons. The summed E-state index contributed by atoms with van der Waals surface area (Å²) in [5.74, 6) is 0.575. The van der Waals surface area contributed by atoms with Crippen LogP contribution in [0.2, 0.25) is 0 Å². The van der Waals surface area contributed by atoms with Gasteiger partial charge in [0, 0.05) is 31.8 Å². The number of hydrogen-bond acceptors (Lipinski definition) is 6. The molecule has 0 aliphatic carbocycles. The first kappa shape index (κ1) is 17.2. The van der Waals surface area contributed by atoms with Crippen LogP contribution in [0.15, 0.2) is 35.0 Å². The van der Waals surface area contributed by atoms with Crippen LogP contribution in [0.25, 0.3) is 0 Å². The maximum atomic E-state index is 12.5. The first-order chi connectivity index (χ1) is 12.6. The summed E-state index contributed by atoms with van der Waals surface area (Å²) >= 11 is 0. The van der Waals surface area contributed by atoms with Gasteiger partial charge in [0.15, 0.2) is 5.69 Å². The van der Waals surface area contributed by atoms with E-state index in [1.54, 1.807) is 19.2 Å². The molecule has 1 spiro atoms. The summed E-state index contributed by atoms with van der Waals surface area (Å²) in [6.45, 7) is 4.21. The molecular formula is C19H23N3O4. The zero-order chi connectivity index (χ0) is 18.0. The van der Waals surface area contributed by atoms with E-state index in [1.165, 1.54) is 0 Å². The van der Waals surface area contributed by atoms with Crippen LogP contribution < -0.4 is 0 Å². The molecule has 2 aromatic rings. The highest BCUT2D eigenvalue weighted by Gasteiger charge is 2.44. The minimum absolute atomic E-state index is 0.0716. The molecule has 2 aromatic heterocycles. The third-order valence-corrected chi connectivity index (χ3v) is 5.18. The Morgan fingerprint density at radius 3 is 2.92 bits per heavy atom. The van der Waals surface area contributed by atoms with Gasteiger partial charge in [0.05, 0.1) is 30.6 Å². The van der Waals surface area contributed by atoms with Gasteiger partial charge in [0.1, 0.15) is 5.76 Å². The molecule has 0 saturated carbocycles. The zero-order valence-corrected chi connectivity index (χ0v) is 14.9. The third kappa shape index (κ3) is 3.64. The van der Waals surface area contributed by atoms with Gasteiger partial charge in [-0.1, -0.05) is 11.2 Å². The summed E-state index contributed by atoms with van der Waals surface area (Å²) < 4.78 is 17.1. The fourth-order valence-electron chi connectivity index (χ4n) is 3.69. The van der Waals surface area contributed by atoms with E-state index in [0.29, 0.717) is 37.8 Å². The Labute approximate surface area is 152 Å². The van der Waals surface area contributed by atoms with Crippen molar-refractivity contribution in [3.63, 3.8) is 0 Å². The zero-order valence-electron chi connectivity index (χ0n) is 14.9. The molecule has 7 nitrogen and oxygen atoms in total. The number of likely N-dealkylation sites (tertiary alicyclic amines) is 1. The van der Waals surface area contributed by atoms with E-state index in [-0.39, 0.29) is 17.6 Å². The summed E-state index contributed by atoms with van der Waals surface area (Å²) in [7, 11) is 0. The Morgan fingerprint density at radius 2 is 2.23 bits per heavy atom. The fourth-order valence-corrected chi connectivity index (χ4v) is 3.69. The molecule has 0 aromatic carbocycles. The SMILES string of the molecule is Cc1cc(C(=O)N2CCC3(CC2)CC(OCc2ccccn2)CO3)no1. The van der Waals surface area contributed by atoms with Crippen molar-refractivity contribution in [1.82, 2.24) is 15.0 Å². The van der Waals surface area contributed by atoms with E-state index < -0.39 is 0 Å². The van der Waals surface area contributed by atoms with Gasteiger partial charge < -0.3 is 18.9 Å². The predicted octanol–water partition coefficient (Wildman–Crippen LogP) is 2.36. The van der Waals surface area contributed by atoms with Gasteiger partial charge in [-0.3, -0.25) is 9.78 Å². The summed E-state index contributed by atoms with van der Waals surface area (Å²) in [6, 6.07) is 7.50. The number of carbonyl (C=O) groups excluding carboxylic acids is 1. The highest BCUT2D eigenvalue weighted by atomic mass is 16.6. The number of piperidine rings is 1. The van der Waals surface area contributed by atoms with Gasteiger partial charge in [-0.25, -0.2) is 0 Å². The average molecular weight is 357 g/mol. The van der Waals surface area contributed by atoms with Crippen molar-refractivity contribution >= 4 is 5.91 Å². The van der Waals surface area contributed by atoms with Crippen LogP contribution in [-0.2, 0) is 16.1 Å². The fraction of sp³-hybridized carbons (Fsp3) is 0.526. The number of rotatable bonds is 4. The van der Waals surface area contributed by atoms with Gasteiger partial charge in [-0.2, -0.15) is 0 Å². The predicted molar refractivity (Wildman–Crippen MR) is 92.5 cm³/mol. The number of hydrogen-bond donors (Lipinski definition) is 0. The summed E-state index contributed by atoms with van der Waals surface area (Å²) in [4.78, 5) is 18.6. The van der Waals surface area contributed by atoms with Gasteiger partial charge in [0.2, 0.25) is 0 Å². The molecular weight excluding hydrogens is 334 g/mol. The third-order valence-electron chi connectivity index (χ3n) is 5.18. The minimum atomic E-state index is -0.175. The lowest BCUT2D eigenvalue weighted by Gasteiger charge is -2.38. The Hall–Kier alpha value is -2.25. The highest BCUT2D eigenvalue weighted by Crippen LogP contribution is 2.37. The van der Waals surface area contributed by atoms with E-state index in [0.717, 1.165) is 25.0 Å². The minimum Gasteiger partial charge on any atom is -0.372 e. The van der Waals surface area contributed by atoms with E-state index >= 15 is 0 Å². The van der Waals surface area contributed by atoms with Gasteiger partial charge in [-0.05, 0) is 31.9 Å². The monoisotopic (exact) mass is 357 g/mol. The topological polar surface area (TPSA) is 77.7 Å². The van der Waals surface area contributed by atoms with E-state index in [2.05, 4.69) is 10.1 Å². The number of aromatic nitrogens is 2. The maximum Gasteiger partial charge on any atom is 0.276 e. The van der Waals surface area contributed by atoms with Crippen LogP contribution in [-0.4, -0.2) is 52.3 Å². The molecule has 1 atom stereocenters. The van der Waals surface area contributed by atoms with Gasteiger partial charge >= 0.3 is 0 Å². The molecule has 26 heavy (non-hydrogen) atoms. The molecule has 1 amide bonds. The van der Waals surface area contributed by atoms with Crippen molar-refractivity contribution in [3.05, 3.63) is 47.6 Å². The second kappa shape index (κ2) is 7.17. The average Bonchev–Trinajstić information content (AvgIpc) is 3.28. The molecule has 0 bridgehead atoms. The molecule has 2 aliphatic rings. The molecule has 2 saturated heterocycles. The van der Waals surface area contributed by atoms with Crippen molar-refractivity contribution < 1.29 is 18.8 Å². The molecule has 0 radical (unpaired) electrons. The van der Waals surface area contributed by atoms with Crippen LogP contribution in [0.3, 0.4) is 0 Å². The molecule has 0 N–H and O–H groups in total. The normalized spacial score (nSPS) is 22.0. The maximum absolute atomic E-state index is 12.5. The lowest BCUT2D eigenvalue weighted by Crippen LogP contribution is -2.46. The van der Waals surface area contributed by atoms with Crippen LogP contribution in [0.5, 0.6) is 0 Å². The first-order valence-electron chi connectivity index (χ1n) is 9.02. The lowest BCUT2D eigenvalue weighted by molar-refractivity contribution is -0.0414. The van der Waals surface area contributed by atoms with Gasteiger partial charge in [-0.15, -0.1) is 0 Å². The molecule has 2 fully saturated rings. The standard InChI is InChI=1S/C19H23N3O4/c1-14-10-17(21-26-14)18(23)22-8-5-19(6-9-22)11-16(13-25-19)24-12-15-4-2-3-7-20-15/h2-4,7,10,16H,5-6,8-9,11-13H2,1H3. The number of ether oxygens (including phenoxy) is 2. The summed E-state index contributed by atoms with van der Waals surface area (Å²) in [5.41, 5.74) is 1.13. The Kier molecular flexibility index (Phi) is 4.74. The quantitative estimate of drug-likeness (QED) is 0.836. The second-order valence-corrected chi connectivity index (χ2v) is 7.07. The number of carbonyl (C=O) groups is 1. The smallest absolute Gasteiger partial charge is 0.276 e. The van der Waals surface area contributed by atoms with Gasteiger partial charge in [0.25, 0.3) is 5.91 Å². The summed E-state index contributed by atoms with van der Waals surface area (Å²) in [6.07, 6.45) is 4.36. The first-order valence-corrected chi connectivity index (χ1v) is 9.02. The van der Waals surface area contributed by atoms with Crippen molar-refractivity contribution in [1.29, 1.82) is 0 Å². The van der Waals surface area contributed by atoms with Crippen molar-refractivity contribution in [2.45, 2.75) is 44.5 Å². The Morgan fingerprint density at radius 1 is 1.38 bits per heavy atom. The largest absolute Gasteiger partial charge is 0.372 e. The molecule has 1 unspecified atom stereocenters. The van der Waals surface area contributed by atoms with E-state index in [9.17, 15) is 4.79 Å². The van der Waals surface area contributed by atoms with Crippen LogP contribution in [0, 0.1) is 6.92 Å². The lowest BCUT2D eigenvalue weighted by atomic mass is 9.88. The summed E-state index contributed by atoms with van der Waals surface area (Å²) in [5, 5.41) is 3.82. The second-order valence-electron chi connectivity index (χ2n) is 7.07. The van der Waals surface area contributed by atoms with Crippen molar-refractivity contribution in [2.75, 3.05) is 19.7 Å². The number of pyridine rings is 1. The van der Waals surface area contributed by atoms with E-state index in [4.69, 9.17) is 14.0 Å². The Bertz CT molecular complexity index is 753.